The van der Waals surface area contributed by atoms with Crippen molar-refractivity contribution in [1.82, 2.24) is 15.0 Å². The second-order valence-electron chi connectivity index (χ2n) is 4.59. The third kappa shape index (κ3) is 4.05. The minimum atomic E-state index is 0.208. The highest BCUT2D eigenvalue weighted by atomic mass is 16.5. The number of anilines is 2. The topological polar surface area (TPSA) is 72.0 Å². The van der Waals surface area contributed by atoms with Gasteiger partial charge in [-0.3, -0.25) is 0 Å². The van der Waals surface area contributed by atoms with E-state index in [2.05, 4.69) is 46.4 Å². The average molecular weight is 239 g/mol. The normalized spacial score (nSPS) is 11.1. The Hall–Kier alpha value is -1.59. The lowest BCUT2D eigenvalue weighted by molar-refractivity contribution is 0.370. The Morgan fingerprint density at radius 2 is 1.82 bits per heavy atom. The van der Waals surface area contributed by atoms with E-state index in [4.69, 9.17) is 4.74 Å². The van der Waals surface area contributed by atoms with Gasteiger partial charge in [0.05, 0.1) is 7.11 Å². The van der Waals surface area contributed by atoms with Gasteiger partial charge in [-0.2, -0.15) is 15.0 Å². The van der Waals surface area contributed by atoms with E-state index in [0.717, 1.165) is 13.0 Å². The number of nitrogens with zero attached hydrogens (tertiary/aromatic N) is 3. The van der Waals surface area contributed by atoms with Crippen LogP contribution in [-0.4, -0.2) is 35.7 Å². The fourth-order valence-corrected chi connectivity index (χ4v) is 1.08. The van der Waals surface area contributed by atoms with Crippen molar-refractivity contribution in [2.45, 2.75) is 27.2 Å². The standard InChI is InChI=1S/C11H21N5O/c1-6-11(2,3)7-13-9-14-8(12-4)15-10(16-9)17-5/h6-7H2,1-5H3,(H2,12,13,14,15,16). The monoisotopic (exact) mass is 239 g/mol. The van der Waals surface area contributed by atoms with Crippen LogP contribution in [0.4, 0.5) is 11.9 Å². The predicted molar refractivity (Wildman–Crippen MR) is 68.5 cm³/mol. The van der Waals surface area contributed by atoms with E-state index in [1.54, 1.807) is 7.05 Å². The highest BCUT2D eigenvalue weighted by molar-refractivity contribution is 5.35. The average Bonchev–Trinajstić information content (AvgIpc) is 2.36. The van der Waals surface area contributed by atoms with Gasteiger partial charge in [0.2, 0.25) is 11.9 Å². The third-order valence-corrected chi connectivity index (χ3v) is 2.70. The lowest BCUT2D eigenvalue weighted by atomic mass is 9.90. The quantitative estimate of drug-likeness (QED) is 0.788. The molecule has 0 aliphatic rings. The molecule has 0 spiro atoms. The third-order valence-electron chi connectivity index (χ3n) is 2.70. The zero-order chi connectivity index (χ0) is 12.9. The Balaban J connectivity index is 2.76. The maximum absolute atomic E-state index is 5.01. The summed E-state index contributed by atoms with van der Waals surface area (Å²) in [6.45, 7) is 7.35. The predicted octanol–water partition coefficient (Wildman–Crippen LogP) is 1.77. The molecule has 0 saturated heterocycles. The van der Waals surface area contributed by atoms with Gasteiger partial charge in [-0.25, -0.2) is 0 Å². The van der Waals surface area contributed by atoms with Crippen LogP contribution in [-0.2, 0) is 0 Å². The largest absolute Gasteiger partial charge is 0.467 e. The first-order valence-electron chi connectivity index (χ1n) is 5.72. The molecule has 1 aromatic rings. The summed E-state index contributed by atoms with van der Waals surface area (Å²) in [7, 11) is 3.29. The van der Waals surface area contributed by atoms with Gasteiger partial charge >= 0.3 is 6.01 Å². The van der Waals surface area contributed by atoms with E-state index < -0.39 is 0 Å². The SMILES string of the molecule is CCC(C)(C)CNc1nc(NC)nc(OC)n1. The van der Waals surface area contributed by atoms with Crippen molar-refractivity contribution in [2.24, 2.45) is 5.41 Å². The van der Waals surface area contributed by atoms with Crippen molar-refractivity contribution in [3.63, 3.8) is 0 Å². The molecule has 96 valence electrons. The molecule has 1 aromatic heterocycles. The first-order valence-corrected chi connectivity index (χ1v) is 5.72. The summed E-state index contributed by atoms with van der Waals surface area (Å²) >= 11 is 0. The summed E-state index contributed by atoms with van der Waals surface area (Å²) in [6.07, 6.45) is 1.08. The zero-order valence-corrected chi connectivity index (χ0v) is 11.2. The summed E-state index contributed by atoms with van der Waals surface area (Å²) in [5.74, 6) is 1.02. The summed E-state index contributed by atoms with van der Waals surface area (Å²) in [6, 6.07) is 0.307. The van der Waals surface area contributed by atoms with Gasteiger partial charge in [-0.05, 0) is 11.8 Å². The molecule has 0 atom stereocenters. The van der Waals surface area contributed by atoms with Gasteiger partial charge in [0.25, 0.3) is 0 Å². The number of hydrogen-bond donors (Lipinski definition) is 2. The first-order chi connectivity index (χ1) is 8.00. The molecule has 0 radical (unpaired) electrons. The van der Waals surface area contributed by atoms with Crippen molar-refractivity contribution in [3.05, 3.63) is 0 Å². The van der Waals surface area contributed by atoms with E-state index >= 15 is 0 Å². The lowest BCUT2D eigenvalue weighted by Gasteiger charge is -2.22. The van der Waals surface area contributed by atoms with Crippen LogP contribution in [0.25, 0.3) is 0 Å². The molecule has 0 aromatic carbocycles. The Bertz CT molecular complexity index is 345. The van der Waals surface area contributed by atoms with Gasteiger partial charge in [-0.1, -0.05) is 20.8 Å². The molecule has 6 heteroatoms. The molecule has 0 amide bonds. The van der Waals surface area contributed by atoms with Crippen molar-refractivity contribution >= 4 is 11.9 Å². The maximum atomic E-state index is 5.01. The van der Waals surface area contributed by atoms with Crippen LogP contribution in [0, 0.1) is 5.41 Å². The van der Waals surface area contributed by atoms with Gasteiger partial charge in [-0.15, -0.1) is 0 Å². The Labute approximate surface area is 102 Å². The Morgan fingerprint density at radius 1 is 1.18 bits per heavy atom. The Morgan fingerprint density at radius 3 is 2.35 bits per heavy atom. The molecule has 0 unspecified atom stereocenters. The van der Waals surface area contributed by atoms with Crippen molar-refractivity contribution in [1.29, 1.82) is 0 Å². The number of ether oxygens (including phenoxy) is 1. The van der Waals surface area contributed by atoms with E-state index in [-0.39, 0.29) is 5.41 Å². The van der Waals surface area contributed by atoms with Crippen molar-refractivity contribution in [3.8, 4) is 6.01 Å². The summed E-state index contributed by atoms with van der Waals surface area (Å²) in [5, 5.41) is 6.07. The fraction of sp³-hybridized carbons (Fsp3) is 0.727. The summed E-state index contributed by atoms with van der Waals surface area (Å²) < 4.78 is 5.01. The highest BCUT2D eigenvalue weighted by Crippen LogP contribution is 2.20. The van der Waals surface area contributed by atoms with Gasteiger partial charge in [0.15, 0.2) is 0 Å². The molecule has 1 heterocycles. The second kappa shape index (κ2) is 5.65. The molecule has 6 nitrogen and oxygen atoms in total. The molecule has 0 fully saturated rings. The van der Waals surface area contributed by atoms with Crippen molar-refractivity contribution in [2.75, 3.05) is 31.3 Å². The molecule has 0 bridgehead atoms. The molecule has 1 rings (SSSR count). The molecular formula is C11H21N5O. The van der Waals surface area contributed by atoms with Crippen molar-refractivity contribution < 1.29 is 4.74 Å². The van der Waals surface area contributed by atoms with E-state index in [0.29, 0.717) is 17.9 Å². The molecule has 0 saturated carbocycles. The van der Waals surface area contributed by atoms with E-state index in [9.17, 15) is 0 Å². The van der Waals surface area contributed by atoms with Crippen LogP contribution >= 0.6 is 0 Å². The zero-order valence-electron chi connectivity index (χ0n) is 11.2. The molecule has 17 heavy (non-hydrogen) atoms. The second-order valence-corrected chi connectivity index (χ2v) is 4.59. The van der Waals surface area contributed by atoms with Crippen LogP contribution in [0.3, 0.4) is 0 Å². The smallest absolute Gasteiger partial charge is 0.322 e. The van der Waals surface area contributed by atoms with Crippen LogP contribution in [0.15, 0.2) is 0 Å². The van der Waals surface area contributed by atoms with Gasteiger partial charge in [0, 0.05) is 13.6 Å². The van der Waals surface area contributed by atoms with E-state index in [1.807, 2.05) is 0 Å². The fourth-order valence-electron chi connectivity index (χ4n) is 1.08. The Kier molecular flexibility index (Phi) is 4.48. The summed E-state index contributed by atoms with van der Waals surface area (Å²) in [4.78, 5) is 12.4. The first kappa shape index (κ1) is 13.5. The number of aromatic nitrogens is 3. The number of nitrogens with one attached hydrogen (secondary N) is 2. The molecule has 2 N–H and O–H groups in total. The van der Waals surface area contributed by atoms with Crippen LogP contribution in [0.1, 0.15) is 27.2 Å². The highest BCUT2D eigenvalue weighted by Gasteiger charge is 2.15. The maximum Gasteiger partial charge on any atom is 0.322 e. The van der Waals surface area contributed by atoms with Gasteiger partial charge < -0.3 is 15.4 Å². The molecular weight excluding hydrogens is 218 g/mol. The molecule has 0 aliphatic heterocycles. The van der Waals surface area contributed by atoms with Gasteiger partial charge in [0.1, 0.15) is 0 Å². The number of rotatable bonds is 6. The van der Waals surface area contributed by atoms with Crippen LogP contribution < -0.4 is 15.4 Å². The lowest BCUT2D eigenvalue weighted by Crippen LogP contribution is -2.23. The summed E-state index contributed by atoms with van der Waals surface area (Å²) in [5.41, 5.74) is 0.208. The minimum Gasteiger partial charge on any atom is -0.467 e. The van der Waals surface area contributed by atoms with Crippen LogP contribution in [0.5, 0.6) is 6.01 Å². The molecule has 0 aliphatic carbocycles. The number of hydrogen-bond acceptors (Lipinski definition) is 6. The minimum absolute atomic E-state index is 0.208. The number of methoxy groups -OCH3 is 1. The van der Waals surface area contributed by atoms with Crippen LogP contribution in [0.2, 0.25) is 0 Å². The van der Waals surface area contributed by atoms with E-state index in [1.165, 1.54) is 7.11 Å².